The van der Waals surface area contributed by atoms with Crippen LogP contribution in [0.4, 0.5) is 0 Å². The monoisotopic (exact) mass is 285 g/mol. The molecule has 2 nitrogen and oxygen atoms in total. The average Bonchev–Trinajstić information content (AvgIpc) is 2.84. The standard InChI is InChI=1S/C17H16ClNO/c1-11-8-12(10-19-2)6-7-14(11)16-9-13-4-3-5-15(18)17(13)20-16/h3-9,19H,10H2,1-2H3. The topological polar surface area (TPSA) is 25.2 Å². The van der Waals surface area contributed by atoms with Crippen molar-refractivity contribution in [3.05, 3.63) is 58.6 Å². The lowest BCUT2D eigenvalue weighted by Crippen LogP contribution is -2.05. The van der Waals surface area contributed by atoms with Crippen LogP contribution in [0.15, 0.2) is 46.9 Å². The van der Waals surface area contributed by atoms with Crippen molar-refractivity contribution >= 4 is 22.6 Å². The van der Waals surface area contributed by atoms with Gasteiger partial charge in [0, 0.05) is 17.5 Å². The molecule has 102 valence electrons. The number of fused-ring (bicyclic) bond motifs is 1. The van der Waals surface area contributed by atoms with Crippen molar-refractivity contribution in [3.8, 4) is 11.3 Å². The van der Waals surface area contributed by atoms with Crippen molar-refractivity contribution in [1.82, 2.24) is 5.32 Å². The molecule has 0 unspecified atom stereocenters. The van der Waals surface area contributed by atoms with Gasteiger partial charge in [0.2, 0.25) is 0 Å². The van der Waals surface area contributed by atoms with Crippen LogP contribution in [0.3, 0.4) is 0 Å². The van der Waals surface area contributed by atoms with E-state index in [-0.39, 0.29) is 0 Å². The van der Waals surface area contributed by atoms with Crippen molar-refractivity contribution in [2.75, 3.05) is 7.05 Å². The van der Waals surface area contributed by atoms with Gasteiger partial charge in [0.1, 0.15) is 5.76 Å². The first-order valence-electron chi connectivity index (χ1n) is 6.61. The van der Waals surface area contributed by atoms with E-state index in [1.165, 1.54) is 11.1 Å². The summed E-state index contributed by atoms with van der Waals surface area (Å²) in [5.74, 6) is 0.863. The molecule has 3 heteroatoms. The Kier molecular flexibility index (Phi) is 3.51. The van der Waals surface area contributed by atoms with E-state index in [0.717, 1.165) is 28.8 Å². The van der Waals surface area contributed by atoms with E-state index in [0.29, 0.717) is 5.02 Å². The molecule has 1 heterocycles. The molecule has 1 aromatic heterocycles. The highest BCUT2D eigenvalue weighted by Gasteiger charge is 2.10. The van der Waals surface area contributed by atoms with Gasteiger partial charge in [0.15, 0.2) is 5.58 Å². The highest BCUT2D eigenvalue weighted by atomic mass is 35.5. The predicted molar refractivity (Wildman–Crippen MR) is 84.2 cm³/mol. The fourth-order valence-electron chi connectivity index (χ4n) is 2.48. The van der Waals surface area contributed by atoms with Crippen LogP contribution in [-0.2, 0) is 6.54 Å². The second-order valence-electron chi connectivity index (χ2n) is 4.95. The van der Waals surface area contributed by atoms with Crippen molar-refractivity contribution in [3.63, 3.8) is 0 Å². The molecule has 1 N–H and O–H groups in total. The van der Waals surface area contributed by atoms with Crippen LogP contribution in [0.25, 0.3) is 22.3 Å². The quantitative estimate of drug-likeness (QED) is 0.749. The first-order valence-corrected chi connectivity index (χ1v) is 6.99. The number of rotatable bonds is 3. The Labute approximate surface area is 123 Å². The summed E-state index contributed by atoms with van der Waals surface area (Å²) in [5.41, 5.74) is 4.33. The lowest BCUT2D eigenvalue weighted by Gasteiger charge is -2.06. The summed E-state index contributed by atoms with van der Waals surface area (Å²) < 4.78 is 5.92. The Hall–Kier alpha value is -1.77. The molecular weight excluding hydrogens is 270 g/mol. The van der Waals surface area contributed by atoms with Gasteiger partial charge in [-0.05, 0) is 37.2 Å². The molecular formula is C17H16ClNO. The summed E-state index contributed by atoms with van der Waals surface area (Å²) in [6.07, 6.45) is 0. The number of nitrogens with one attached hydrogen (secondary N) is 1. The molecule has 0 saturated heterocycles. The minimum atomic E-state index is 0.651. The van der Waals surface area contributed by atoms with Crippen LogP contribution in [0.1, 0.15) is 11.1 Å². The minimum absolute atomic E-state index is 0.651. The number of furan rings is 1. The Bertz CT molecular complexity index is 761. The maximum absolute atomic E-state index is 6.16. The number of benzene rings is 2. The molecule has 3 aromatic rings. The van der Waals surface area contributed by atoms with Crippen LogP contribution >= 0.6 is 11.6 Å². The van der Waals surface area contributed by atoms with Crippen LogP contribution < -0.4 is 5.32 Å². The Balaban J connectivity index is 2.08. The minimum Gasteiger partial charge on any atom is -0.455 e. The van der Waals surface area contributed by atoms with Gasteiger partial charge in [-0.1, -0.05) is 41.9 Å². The van der Waals surface area contributed by atoms with Gasteiger partial charge in [-0.25, -0.2) is 0 Å². The molecule has 0 amide bonds. The van der Waals surface area contributed by atoms with E-state index < -0.39 is 0 Å². The zero-order valence-electron chi connectivity index (χ0n) is 11.5. The molecule has 0 bridgehead atoms. The normalized spacial score (nSPS) is 11.2. The van der Waals surface area contributed by atoms with Crippen molar-refractivity contribution in [2.24, 2.45) is 0 Å². The van der Waals surface area contributed by atoms with Crippen molar-refractivity contribution in [2.45, 2.75) is 13.5 Å². The number of hydrogen-bond donors (Lipinski definition) is 1. The zero-order chi connectivity index (χ0) is 14.1. The SMILES string of the molecule is CNCc1ccc(-c2cc3cccc(Cl)c3o2)c(C)c1. The van der Waals surface area contributed by atoms with Gasteiger partial charge in [-0.2, -0.15) is 0 Å². The molecule has 0 aliphatic carbocycles. The molecule has 0 saturated carbocycles. The molecule has 20 heavy (non-hydrogen) atoms. The highest BCUT2D eigenvalue weighted by Crippen LogP contribution is 2.33. The van der Waals surface area contributed by atoms with E-state index >= 15 is 0 Å². The van der Waals surface area contributed by atoms with Gasteiger partial charge in [-0.3, -0.25) is 0 Å². The smallest absolute Gasteiger partial charge is 0.153 e. The zero-order valence-corrected chi connectivity index (χ0v) is 12.3. The molecule has 0 aliphatic rings. The molecule has 0 spiro atoms. The largest absolute Gasteiger partial charge is 0.455 e. The van der Waals surface area contributed by atoms with Crippen molar-refractivity contribution < 1.29 is 4.42 Å². The summed E-state index contributed by atoms with van der Waals surface area (Å²) >= 11 is 6.16. The first-order chi connectivity index (χ1) is 9.69. The fourth-order valence-corrected chi connectivity index (χ4v) is 2.70. The van der Waals surface area contributed by atoms with E-state index in [9.17, 15) is 0 Å². The second-order valence-corrected chi connectivity index (χ2v) is 5.36. The summed E-state index contributed by atoms with van der Waals surface area (Å²) in [7, 11) is 1.95. The van der Waals surface area contributed by atoms with Crippen LogP contribution in [-0.4, -0.2) is 7.05 Å². The molecule has 0 fully saturated rings. The van der Waals surface area contributed by atoms with E-state index in [1.807, 2.05) is 31.3 Å². The number of hydrogen-bond acceptors (Lipinski definition) is 2. The third-order valence-corrected chi connectivity index (χ3v) is 3.73. The number of halogens is 1. The van der Waals surface area contributed by atoms with Crippen LogP contribution in [0.2, 0.25) is 5.02 Å². The van der Waals surface area contributed by atoms with E-state index in [2.05, 4.69) is 30.4 Å². The second kappa shape index (κ2) is 5.31. The lowest BCUT2D eigenvalue weighted by molar-refractivity contribution is 0.631. The van der Waals surface area contributed by atoms with Gasteiger partial charge < -0.3 is 9.73 Å². The van der Waals surface area contributed by atoms with Gasteiger partial charge >= 0.3 is 0 Å². The average molecular weight is 286 g/mol. The Morgan fingerprint density at radius 3 is 2.70 bits per heavy atom. The molecule has 2 aromatic carbocycles. The maximum atomic E-state index is 6.16. The predicted octanol–water partition coefficient (Wildman–Crippen LogP) is 4.78. The summed E-state index contributed by atoms with van der Waals surface area (Å²) in [6, 6.07) is 14.2. The van der Waals surface area contributed by atoms with Crippen molar-refractivity contribution in [1.29, 1.82) is 0 Å². The third kappa shape index (κ3) is 2.33. The number of para-hydroxylation sites is 1. The summed E-state index contributed by atoms with van der Waals surface area (Å²) in [5, 5.41) is 4.84. The first kappa shape index (κ1) is 13.2. The van der Waals surface area contributed by atoms with Gasteiger partial charge in [0.25, 0.3) is 0 Å². The Morgan fingerprint density at radius 1 is 1.15 bits per heavy atom. The lowest BCUT2D eigenvalue weighted by atomic mass is 10.0. The summed E-state index contributed by atoms with van der Waals surface area (Å²) in [6.45, 7) is 2.97. The van der Waals surface area contributed by atoms with Gasteiger partial charge in [-0.15, -0.1) is 0 Å². The third-order valence-electron chi connectivity index (χ3n) is 3.43. The van der Waals surface area contributed by atoms with Crippen LogP contribution in [0.5, 0.6) is 0 Å². The molecule has 3 rings (SSSR count). The van der Waals surface area contributed by atoms with Gasteiger partial charge in [0.05, 0.1) is 5.02 Å². The molecule has 0 atom stereocenters. The maximum Gasteiger partial charge on any atom is 0.153 e. The fraction of sp³-hybridized carbons (Fsp3) is 0.176. The summed E-state index contributed by atoms with van der Waals surface area (Å²) in [4.78, 5) is 0. The molecule has 0 radical (unpaired) electrons. The number of aryl methyl sites for hydroxylation is 1. The highest BCUT2D eigenvalue weighted by molar-refractivity contribution is 6.34. The molecule has 0 aliphatic heterocycles. The van der Waals surface area contributed by atoms with E-state index in [4.69, 9.17) is 16.0 Å². The van der Waals surface area contributed by atoms with E-state index in [1.54, 1.807) is 0 Å². The Morgan fingerprint density at radius 2 is 2.00 bits per heavy atom. The van der Waals surface area contributed by atoms with Crippen LogP contribution in [0, 0.1) is 6.92 Å².